The molecule has 0 saturated carbocycles. The summed E-state index contributed by atoms with van der Waals surface area (Å²) in [7, 11) is 0. The van der Waals surface area contributed by atoms with Gasteiger partial charge in [-0.05, 0) is 30.3 Å². The van der Waals surface area contributed by atoms with E-state index in [1.807, 2.05) is 0 Å². The van der Waals surface area contributed by atoms with Gasteiger partial charge in [0.2, 0.25) is 0 Å². The molecule has 0 unspecified atom stereocenters. The van der Waals surface area contributed by atoms with E-state index < -0.39 is 11.7 Å². The zero-order valence-electron chi connectivity index (χ0n) is 12.3. The number of carbonyl (C=O) groups is 1. The largest absolute Gasteiger partial charge is 0.304 e. The highest BCUT2D eigenvalue weighted by Gasteiger charge is 2.13. The van der Waals surface area contributed by atoms with Crippen LogP contribution in [0.3, 0.4) is 0 Å². The number of nitrogens with zero attached hydrogens (tertiary/aromatic N) is 2. The highest BCUT2D eigenvalue weighted by molar-refractivity contribution is 6.33. The second-order valence-corrected chi connectivity index (χ2v) is 5.48. The molecule has 1 N–H and O–H groups in total. The molecule has 0 bridgehead atoms. The number of aromatic nitrogens is 2. The molecule has 3 aromatic rings. The van der Waals surface area contributed by atoms with Crippen LogP contribution in [0.25, 0.3) is 0 Å². The Bertz CT molecular complexity index is 878. The molecule has 4 nitrogen and oxygen atoms in total. The number of anilines is 1. The molecule has 1 heterocycles. The van der Waals surface area contributed by atoms with Gasteiger partial charge in [-0.1, -0.05) is 29.8 Å². The van der Waals surface area contributed by atoms with Gasteiger partial charge in [0.05, 0.1) is 6.54 Å². The van der Waals surface area contributed by atoms with Gasteiger partial charge < -0.3 is 5.32 Å². The molecule has 0 aliphatic heterocycles. The number of rotatable bonds is 4. The first-order valence-corrected chi connectivity index (χ1v) is 7.44. The molecule has 0 fully saturated rings. The van der Waals surface area contributed by atoms with E-state index in [9.17, 15) is 13.6 Å². The van der Waals surface area contributed by atoms with Crippen molar-refractivity contribution in [1.82, 2.24) is 9.78 Å². The third-order valence-corrected chi connectivity index (χ3v) is 3.62. The van der Waals surface area contributed by atoms with Gasteiger partial charge in [-0.3, -0.25) is 9.48 Å². The number of halogens is 3. The first kappa shape index (κ1) is 16.1. The molecule has 1 aromatic heterocycles. The highest BCUT2D eigenvalue weighted by Crippen LogP contribution is 2.21. The van der Waals surface area contributed by atoms with Crippen LogP contribution in [0.15, 0.2) is 54.7 Å². The molecule has 0 radical (unpaired) electrons. The molecule has 0 saturated heterocycles. The zero-order chi connectivity index (χ0) is 17.1. The lowest BCUT2D eigenvalue weighted by atomic mass is 10.2. The predicted molar refractivity (Wildman–Crippen MR) is 87.1 cm³/mol. The Hall–Kier alpha value is -2.73. The monoisotopic (exact) mass is 347 g/mol. The van der Waals surface area contributed by atoms with E-state index in [2.05, 4.69) is 10.4 Å². The van der Waals surface area contributed by atoms with Crippen LogP contribution < -0.4 is 5.32 Å². The van der Waals surface area contributed by atoms with Gasteiger partial charge in [0.1, 0.15) is 16.7 Å². The second-order valence-electron chi connectivity index (χ2n) is 5.08. The molecule has 3 rings (SSSR count). The Morgan fingerprint density at radius 1 is 1.12 bits per heavy atom. The number of hydrogen-bond donors (Lipinski definition) is 1. The fraction of sp³-hybridized carbons (Fsp3) is 0.0588. The number of amides is 1. The van der Waals surface area contributed by atoms with Gasteiger partial charge in [-0.25, -0.2) is 8.78 Å². The molecular weight excluding hydrogens is 336 g/mol. The second kappa shape index (κ2) is 6.80. The Kier molecular flexibility index (Phi) is 4.57. The summed E-state index contributed by atoms with van der Waals surface area (Å²) in [5.74, 6) is -1.09. The molecule has 0 aliphatic rings. The van der Waals surface area contributed by atoms with E-state index >= 15 is 0 Å². The average Bonchev–Trinajstić information content (AvgIpc) is 2.90. The predicted octanol–water partition coefficient (Wildman–Crippen LogP) is 4.12. The summed E-state index contributed by atoms with van der Waals surface area (Å²) in [6.07, 6.45) is 1.49. The lowest BCUT2D eigenvalue weighted by molar-refractivity contribution is 0.102. The van der Waals surface area contributed by atoms with E-state index in [0.29, 0.717) is 5.56 Å². The van der Waals surface area contributed by atoms with Crippen molar-refractivity contribution < 1.29 is 13.6 Å². The summed E-state index contributed by atoms with van der Waals surface area (Å²) in [6.45, 7) is 0.179. The fourth-order valence-corrected chi connectivity index (χ4v) is 2.34. The summed E-state index contributed by atoms with van der Waals surface area (Å²) >= 11 is 6.06. The van der Waals surface area contributed by atoms with Gasteiger partial charge in [-0.2, -0.15) is 5.10 Å². The molecule has 24 heavy (non-hydrogen) atoms. The maximum Gasteiger partial charge on any atom is 0.256 e. The number of benzene rings is 2. The summed E-state index contributed by atoms with van der Waals surface area (Å²) in [5, 5.41) is 6.91. The number of hydrogen-bond acceptors (Lipinski definition) is 2. The molecule has 0 aliphatic carbocycles. The van der Waals surface area contributed by atoms with E-state index in [4.69, 9.17) is 11.6 Å². The van der Waals surface area contributed by atoms with Gasteiger partial charge in [0.15, 0.2) is 5.82 Å². The lowest BCUT2D eigenvalue weighted by Gasteiger charge is -2.04. The van der Waals surface area contributed by atoms with Gasteiger partial charge in [0.25, 0.3) is 5.91 Å². The van der Waals surface area contributed by atoms with E-state index in [-0.39, 0.29) is 28.8 Å². The van der Waals surface area contributed by atoms with E-state index in [1.165, 1.54) is 41.2 Å². The van der Waals surface area contributed by atoms with Crippen molar-refractivity contribution in [2.24, 2.45) is 0 Å². The first-order chi connectivity index (χ1) is 11.5. The summed E-state index contributed by atoms with van der Waals surface area (Å²) in [6, 6.07) is 11.4. The van der Waals surface area contributed by atoms with Crippen LogP contribution in [0.2, 0.25) is 5.02 Å². The van der Waals surface area contributed by atoms with Crippen molar-refractivity contribution in [3.8, 4) is 0 Å². The molecule has 1 amide bonds. The number of nitrogens with one attached hydrogen (secondary N) is 1. The molecule has 7 heteroatoms. The maximum absolute atomic E-state index is 13.7. The summed E-state index contributed by atoms with van der Waals surface area (Å²) < 4.78 is 28.0. The van der Waals surface area contributed by atoms with Crippen LogP contribution in [-0.4, -0.2) is 15.7 Å². The minimum atomic E-state index is -0.465. The number of carbonyl (C=O) groups excluding carboxylic acids is 1. The molecular formula is C17H12ClF2N3O. The Labute approximate surface area is 141 Å². The topological polar surface area (TPSA) is 46.9 Å². The summed E-state index contributed by atoms with van der Waals surface area (Å²) in [5.41, 5.74) is 0.726. The Balaban J connectivity index is 1.75. The maximum atomic E-state index is 13.7. The highest BCUT2D eigenvalue weighted by atomic mass is 35.5. The zero-order valence-corrected chi connectivity index (χ0v) is 13.1. The van der Waals surface area contributed by atoms with Crippen molar-refractivity contribution >= 4 is 23.3 Å². The molecule has 0 atom stereocenters. The lowest BCUT2D eigenvalue weighted by Crippen LogP contribution is -2.13. The smallest absolute Gasteiger partial charge is 0.256 e. The quantitative estimate of drug-likeness (QED) is 0.772. The van der Waals surface area contributed by atoms with Crippen molar-refractivity contribution in [2.45, 2.75) is 6.54 Å². The average molecular weight is 348 g/mol. The van der Waals surface area contributed by atoms with Crippen LogP contribution in [0.5, 0.6) is 0 Å². The third-order valence-electron chi connectivity index (χ3n) is 3.35. The van der Waals surface area contributed by atoms with Crippen LogP contribution in [-0.2, 0) is 6.54 Å². The van der Waals surface area contributed by atoms with Gasteiger partial charge in [0, 0.05) is 17.3 Å². The van der Waals surface area contributed by atoms with E-state index in [0.717, 1.165) is 0 Å². The normalized spacial score (nSPS) is 10.6. The molecule has 2 aromatic carbocycles. The minimum absolute atomic E-state index is 0.155. The van der Waals surface area contributed by atoms with Crippen molar-refractivity contribution in [3.05, 3.63) is 82.5 Å². The van der Waals surface area contributed by atoms with E-state index in [1.54, 1.807) is 18.2 Å². The van der Waals surface area contributed by atoms with Crippen molar-refractivity contribution in [1.29, 1.82) is 0 Å². The van der Waals surface area contributed by atoms with Crippen LogP contribution in [0, 0.1) is 11.6 Å². The third kappa shape index (κ3) is 3.60. The Morgan fingerprint density at radius 3 is 2.54 bits per heavy atom. The van der Waals surface area contributed by atoms with Crippen LogP contribution in [0.4, 0.5) is 14.6 Å². The van der Waals surface area contributed by atoms with Gasteiger partial charge in [-0.15, -0.1) is 0 Å². The standard InChI is InChI=1S/C17H12ClF2N3O/c18-14-10-23(9-12-3-1-2-4-15(12)20)22-16(14)21-17(24)11-5-7-13(19)8-6-11/h1-8,10H,9H2,(H,21,22,24). The first-order valence-electron chi connectivity index (χ1n) is 7.06. The summed E-state index contributed by atoms with van der Waals surface area (Å²) in [4.78, 5) is 12.1. The fourth-order valence-electron chi connectivity index (χ4n) is 2.14. The van der Waals surface area contributed by atoms with Crippen molar-refractivity contribution in [2.75, 3.05) is 5.32 Å². The van der Waals surface area contributed by atoms with Crippen molar-refractivity contribution in [3.63, 3.8) is 0 Å². The Morgan fingerprint density at radius 2 is 1.83 bits per heavy atom. The van der Waals surface area contributed by atoms with Crippen LogP contribution in [0.1, 0.15) is 15.9 Å². The molecule has 122 valence electrons. The minimum Gasteiger partial charge on any atom is -0.304 e. The molecule has 0 spiro atoms. The SMILES string of the molecule is O=C(Nc1nn(Cc2ccccc2F)cc1Cl)c1ccc(F)cc1. The van der Waals surface area contributed by atoms with Gasteiger partial charge >= 0.3 is 0 Å². The van der Waals surface area contributed by atoms with Crippen LogP contribution >= 0.6 is 11.6 Å².